The Bertz CT molecular complexity index is 541. The Balaban J connectivity index is 2.58. The third-order valence-corrected chi connectivity index (χ3v) is 3.75. The number of urea groups is 1. The van der Waals surface area contributed by atoms with E-state index in [2.05, 4.69) is 31.9 Å². The summed E-state index contributed by atoms with van der Waals surface area (Å²) in [5.41, 5.74) is 6.89. The van der Waals surface area contributed by atoms with Crippen molar-refractivity contribution in [3.63, 3.8) is 0 Å². The van der Waals surface area contributed by atoms with E-state index in [1.54, 1.807) is 0 Å². The molecule has 0 bridgehead atoms. The van der Waals surface area contributed by atoms with Gasteiger partial charge in [-0.25, -0.2) is 4.79 Å². The number of nitrogens with zero attached hydrogens (tertiary/aromatic N) is 1. The first-order valence-electron chi connectivity index (χ1n) is 5.20. The van der Waals surface area contributed by atoms with Gasteiger partial charge in [0.15, 0.2) is 0 Å². The van der Waals surface area contributed by atoms with Gasteiger partial charge in [-0.15, -0.1) is 0 Å². The first-order chi connectivity index (χ1) is 8.61. The minimum atomic E-state index is -0.534. The minimum absolute atomic E-state index is 0.534. The highest BCUT2D eigenvalue weighted by Crippen LogP contribution is 2.35. The number of hydrogen-bond donors (Lipinski definition) is 1. The molecule has 2 N–H and O–H groups in total. The van der Waals surface area contributed by atoms with Crippen molar-refractivity contribution in [3.05, 3.63) is 57.5 Å². The monoisotopic (exact) mass is 368 g/mol. The van der Waals surface area contributed by atoms with Crippen LogP contribution in [0.15, 0.2) is 57.5 Å². The van der Waals surface area contributed by atoms with Gasteiger partial charge in [-0.1, -0.05) is 24.3 Å². The number of halogens is 2. The number of nitrogens with two attached hydrogens (primary N) is 1. The standard InChI is InChI=1S/C13H10Br2N2O/c14-9-5-1-3-7-11(9)17(13(16)18)12-8-4-2-6-10(12)15/h1-8H,(H2,16,18). The molecule has 3 nitrogen and oxygen atoms in total. The fraction of sp³-hybridized carbons (Fsp3) is 0. The second-order valence-corrected chi connectivity index (χ2v) is 5.29. The third-order valence-electron chi connectivity index (χ3n) is 2.41. The summed E-state index contributed by atoms with van der Waals surface area (Å²) >= 11 is 6.84. The van der Waals surface area contributed by atoms with Crippen molar-refractivity contribution in [1.29, 1.82) is 0 Å². The Hall–Kier alpha value is -1.33. The Kier molecular flexibility index (Phi) is 4.04. The Morgan fingerprint density at radius 2 is 1.28 bits per heavy atom. The maximum Gasteiger partial charge on any atom is 0.323 e. The van der Waals surface area contributed by atoms with Gasteiger partial charge in [0, 0.05) is 8.95 Å². The van der Waals surface area contributed by atoms with Crippen LogP contribution >= 0.6 is 31.9 Å². The average molecular weight is 370 g/mol. The molecule has 2 aromatic carbocycles. The summed E-state index contributed by atoms with van der Waals surface area (Å²) in [6.07, 6.45) is 0. The lowest BCUT2D eigenvalue weighted by atomic mass is 10.2. The SMILES string of the molecule is NC(=O)N(c1ccccc1Br)c1ccccc1Br. The van der Waals surface area contributed by atoms with Crippen molar-refractivity contribution in [1.82, 2.24) is 0 Å². The summed E-state index contributed by atoms with van der Waals surface area (Å²) in [5, 5.41) is 0. The van der Waals surface area contributed by atoms with Gasteiger partial charge in [0.2, 0.25) is 0 Å². The van der Waals surface area contributed by atoms with Crippen LogP contribution in [0.3, 0.4) is 0 Å². The molecule has 2 aromatic rings. The molecule has 0 aliphatic rings. The lowest BCUT2D eigenvalue weighted by Crippen LogP contribution is -2.31. The molecular formula is C13H10Br2N2O. The molecule has 2 amide bonds. The molecule has 0 radical (unpaired) electrons. The average Bonchev–Trinajstić information content (AvgIpc) is 2.34. The molecule has 0 aliphatic heterocycles. The fourth-order valence-electron chi connectivity index (χ4n) is 1.63. The van der Waals surface area contributed by atoms with Crippen LogP contribution < -0.4 is 10.6 Å². The summed E-state index contributed by atoms with van der Waals surface area (Å²) in [4.78, 5) is 13.2. The molecule has 0 saturated carbocycles. The van der Waals surface area contributed by atoms with Crippen LogP contribution in [0.1, 0.15) is 0 Å². The quantitative estimate of drug-likeness (QED) is 0.836. The lowest BCUT2D eigenvalue weighted by molar-refractivity contribution is 0.256. The number of carbonyl (C=O) groups is 1. The molecule has 18 heavy (non-hydrogen) atoms. The van der Waals surface area contributed by atoms with Crippen molar-refractivity contribution in [2.45, 2.75) is 0 Å². The zero-order chi connectivity index (χ0) is 13.1. The van der Waals surface area contributed by atoms with Crippen molar-refractivity contribution in [2.24, 2.45) is 5.73 Å². The predicted molar refractivity (Wildman–Crippen MR) is 80.0 cm³/mol. The number of primary amides is 1. The van der Waals surface area contributed by atoms with E-state index in [1.807, 2.05) is 48.5 Å². The maximum atomic E-state index is 11.7. The molecule has 0 spiro atoms. The normalized spacial score (nSPS) is 10.1. The summed E-state index contributed by atoms with van der Waals surface area (Å²) in [7, 11) is 0. The van der Waals surface area contributed by atoms with Gasteiger partial charge in [0.1, 0.15) is 0 Å². The van der Waals surface area contributed by atoms with Gasteiger partial charge in [-0.3, -0.25) is 4.90 Å². The molecule has 2 rings (SSSR count). The molecule has 92 valence electrons. The van der Waals surface area contributed by atoms with Crippen LogP contribution in [0, 0.1) is 0 Å². The Morgan fingerprint density at radius 1 is 0.889 bits per heavy atom. The van der Waals surface area contributed by atoms with Gasteiger partial charge in [-0.05, 0) is 56.1 Å². The van der Waals surface area contributed by atoms with Crippen LogP contribution in [0.25, 0.3) is 0 Å². The summed E-state index contributed by atoms with van der Waals surface area (Å²) < 4.78 is 1.61. The number of carbonyl (C=O) groups excluding carboxylic acids is 1. The van der Waals surface area contributed by atoms with Crippen LogP contribution in [-0.4, -0.2) is 6.03 Å². The topological polar surface area (TPSA) is 46.3 Å². The highest BCUT2D eigenvalue weighted by molar-refractivity contribution is 9.11. The number of para-hydroxylation sites is 2. The van der Waals surface area contributed by atoms with Gasteiger partial charge in [-0.2, -0.15) is 0 Å². The second-order valence-electron chi connectivity index (χ2n) is 3.58. The predicted octanol–water partition coefficient (Wildman–Crippen LogP) is 4.43. The highest BCUT2D eigenvalue weighted by Gasteiger charge is 2.19. The van der Waals surface area contributed by atoms with Gasteiger partial charge >= 0.3 is 6.03 Å². The van der Waals surface area contributed by atoms with E-state index in [9.17, 15) is 4.79 Å². The molecule has 0 aromatic heterocycles. The molecule has 0 saturated heterocycles. The van der Waals surface area contributed by atoms with Crippen LogP contribution in [0.2, 0.25) is 0 Å². The highest BCUT2D eigenvalue weighted by atomic mass is 79.9. The number of hydrogen-bond acceptors (Lipinski definition) is 1. The number of rotatable bonds is 2. The van der Waals surface area contributed by atoms with Crippen molar-refractivity contribution in [3.8, 4) is 0 Å². The molecule has 5 heteroatoms. The van der Waals surface area contributed by atoms with E-state index in [4.69, 9.17) is 5.73 Å². The maximum absolute atomic E-state index is 11.7. The Labute approximate surface area is 122 Å². The molecule has 0 fully saturated rings. The molecule has 0 heterocycles. The zero-order valence-corrected chi connectivity index (χ0v) is 12.5. The van der Waals surface area contributed by atoms with E-state index in [0.29, 0.717) is 11.4 Å². The summed E-state index contributed by atoms with van der Waals surface area (Å²) in [6.45, 7) is 0. The van der Waals surface area contributed by atoms with Crippen LogP contribution in [0.4, 0.5) is 16.2 Å². The van der Waals surface area contributed by atoms with E-state index in [-0.39, 0.29) is 0 Å². The summed E-state index contributed by atoms with van der Waals surface area (Å²) in [5.74, 6) is 0. The van der Waals surface area contributed by atoms with Crippen LogP contribution in [0.5, 0.6) is 0 Å². The summed E-state index contributed by atoms with van der Waals surface area (Å²) in [6, 6.07) is 14.3. The first-order valence-corrected chi connectivity index (χ1v) is 6.78. The van der Waals surface area contributed by atoms with Crippen molar-refractivity contribution >= 4 is 49.3 Å². The van der Waals surface area contributed by atoms with Gasteiger partial charge in [0.05, 0.1) is 11.4 Å². The Morgan fingerprint density at radius 3 is 1.61 bits per heavy atom. The van der Waals surface area contributed by atoms with Crippen molar-refractivity contribution < 1.29 is 4.79 Å². The van der Waals surface area contributed by atoms with E-state index < -0.39 is 6.03 Å². The zero-order valence-electron chi connectivity index (χ0n) is 9.31. The van der Waals surface area contributed by atoms with E-state index in [0.717, 1.165) is 8.95 Å². The molecular weight excluding hydrogens is 360 g/mol. The lowest BCUT2D eigenvalue weighted by Gasteiger charge is -2.22. The largest absolute Gasteiger partial charge is 0.351 e. The number of amides is 2. The smallest absolute Gasteiger partial charge is 0.323 e. The van der Waals surface area contributed by atoms with E-state index >= 15 is 0 Å². The number of benzene rings is 2. The minimum Gasteiger partial charge on any atom is -0.351 e. The molecule has 0 aliphatic carbocycles. The van der Waals surface area contributed by atoms with Gasteiger partial charge < -0.3 is 5.73 Å². The van der Waals surface area contributed by atoms with Crippen LogP contribution in [-0.2, 0) is 0 Å². The van der Waals surface area contributed by atoms with Crippen molar-refractivity contribution in [2.75, 3.05) is 4.90 Å². The first kappa shape index (κ1) is 13.1. The van der Waals surface area contributed by atoms with Gasteiger partial charge in [0.25, 0.3) is 0 Å². The molecule has 0 atom stereocenters. The van der Waals surface area contributed by atoms with E-state index in [1.165, 1.54) is 4.90 Å². The fourth-order valence-corrected chi connectivity index (χ4v) is 2.56. The number of anilines is 2. The molecule has 0 unspecified atom stereocenters. The third kappa shape index (κ3) is 2.57. The second kappa shape index (κ2) is 5.54.